The maximum absolute atomic E-state index is 13.3. The number of ether oxygens (including phenoxy) is 1. The topological polar surface area (TPSA) is 61.3 Å². The van der Waals surface area contributed by atoms with E-state index in [2.05, 4.69) is 4.98 Å². The molecule has 4 nitrogen and oxygen atoms in total. The summed E-state index contributed by atoms with van der Waals surface area (Å²) in [5.74, 6) is 1.24. The Hall–Kier alpha value is -2.83. The maximum Gasteiger partial charge on any atom is 0.138 e. The average Bonchev–Trinajstić information content (AvgIpc) is 3.14. The van der Waals surface area contributed by atoms with Crippen molar-refractivity contribution in [3.05, 3.63) is 95.3 Å². The van der Waals surface area contributed by atoms with Gasteiger partial charge in [0.15, 0.2) is 0 Å². The molecule has 2 unspecified atom stereocenters. The van der Waals surface area contributed by atoms with Crippen LogP contribution in [-0.2, 0) is 0 Å². The molecular formula is C25H25FN2O2S. The molecule has 2 aromatic heterocycles. The highest BCUT2D eigenvalue weighted by molar-refractivity contribution is 7.80. The lowest BCUT2D eigenvalue weighted by Gasteiger charge is -2.12. The second kappa shape index (κ2) is 9.54. The van der Waals surface area contributed by atoms with E-state index in [4.69, 9.17) is 27.5 Å². The van der Waals surface area contributed by atoms with E-state index in [-0.39, 0.29) is 17.1 Å². The van der Waals surface area contributed by atoms with Crippen molar-refractivity contribution < 1.29 is 13.5 Å². The molecule has 0 radical (unpaired) electrons. The van der Waals surface area contributed by atoms with Crippen molar-refractivity contribution in [2.24, 2.45) is 5.73 Å². The summed E-state index contributed by atoms with van der Waals surface area (Å²) >= 11 is 4.72. The lowest BCUT2D eigenvalue weighted by Crippen LogP contribution is -2.12. The van der Waals surface area contributed by atoms with E-state index in [1.54, 1.807) is 24.5 Å². The van der Waals surface area contributed by atoms with Gasteiger partial charge < -0.3 is 14.9 Å². The van der Waals surface area contributed by atoms with Crippen molar-refractivity contribution in [2.75, 3.05) is 6.61 Å². The van der Waals surface area contributed by atoms with Gasteiger partial charge in [-0.05, 0) is 61.2 Å². The van der Waals surface area contributed by atoms with Gasteiger partial charge in [0.25, 0.3) is 0 Å². The van der Waals surface area contributed by atoms with Crippen LogP contribution in [0.15, 0.2) is 71.4 Å². The minimum absolute atomic E-state index is 0.0593. The summed E-state index contributed by atoms with van der Waals surface area (Å²) in [5, 5.41) is 0.647. The normalized spacial score (nSPS) is 13.3. The van der Waals surface area contributed by atoms with Crippen LogP contribution in [0.5, 0.6) is 5.75 Å². The molecule has 0 aliphatic heterocycles. The first-order chi connectivity index (χ1) is 15.0. The van der Waals surface area contributed by atoms with Gasteiger partial charge in [0, 0.05) is 24.0 Å². The molecule has 2 atom stereocenters. The molecule has 2 aromatic carbocycles. The minimum atomic E-state index is -0.293. The first-order valence-corrected chi connectivity index (χ1v) is 10.8. The Morgan fingerprint density at radius 2 is 1.90 bits per heavy atom. The number of benzene rings is 2. The van der Waals surface area contributed by atoms with E-state index in [0.717, 1.165) is 52.0 Å². The fourth-order valence-electron chi connectivity index (χ4n) is 3.71. The smallest absolute Gasteiger partial charge is 0.138 e. The summed E-state index contributed by atoms with van der Waals surface area (Å²) in [4.78, 5) is 4.12. The standard InChI is InChI=1S/C25H25FN2O2S/c1-16-23-21(29-14-4-6-20(27)18-5-3-13-28-15-18)7-2-8-22(23)30-24(16)25(31)17-9-11-19(26)12-10-17/h2-3,5,7-13,15,20,25,31H,4,6,14,27H2,1H3. The van der Waals surface area contributed by atoms with Gasteiger partial charge in [0.1, 0.15) is 22.9 Å². The van der Waals surface area contributed by atoms with Gasteiger partial charge >= 0.3 is 0 Å². The number of aryl methyl sites for hydroxylation is 1. The fourth-order valence-corrected chi connectivity index (χ4v) is 4.13. The summed E-state index contributed by atoms with van der Waals surface area (Å²) in [6, 6.07) is 15.9. The average molecular weight is 437 g/mol. The van der Waals surface area contributed by atoms with Crippen LogP contribution in [0, 0.1) is 12.7 Å². The molecule has 0 spiro atoms. The molecule has 31 heavy (non-hydrogen) atoms. The number of furan rings is 1. The number of fused-ring (bicyclic) bond motifs is 1. The monoisotopic (exact) mass is 436 g/mol. The third-order valence-electron chi connectivity index (χ3n) is 5.42. The molecule has 0 fully saturated rings. The van der Waals surface area contributed by atoms with Crippen LogP contribution < -0.4 is 10.5 Å². The van der Waals surface area contributed by atoms with E-state index in [9.17, 15) is 4.39 Å². The lowest BCUT2D eigenvalue weighted by molar-refractivity contribution is 0.305. The van der Waals surface area contributed by atoms with Crippen LogP contribution in [-0.4, -0.2) is 11.6 Å². The molecule has 2 N–H and O–H groups in total. The lowest BCUT2D eigenvalue weighted by atomic mass is 10.0. The molecule has 0 aliphatic carbocycles. The largest absolute Gasteiger partial charge is 0.493 e. The van der Waals surface area contributed by atoms with Crippen LogP contribution in [0.25, 0.3) is 11.0 Å². The molecule has 4 rings (SSSR count). The summed E-state index contributed by atoms with van der Waals surface area (Å²) in [7, 11) is 0. The Balaban J connectivity index is 1.47. The molecular weight excluding hydrogens is 411 g/mol. The highest BCUT2D eigenvalue weighted by Gasteiger charge is 2.21. The zero-order valence-corrected chi connectivity index (χ0v) is 18.2. The highest BCUT2D eigenvalue weighted by Crippen LogP contribution is 2.40. The maximum atomic E-state index is 13.3. The zero-order valence-electron chi connectivity index (χ0n) is 17.3. The minimum Gasteiger partial charge on any atom is -0.493 e. The van der Waals surface area contributed by atoms with Crippen LogP contribution in [0.4, 0.5) is 4.39 Å². The Labute approximate surface area is 186 Å². The Morgan fingerprint density at radius 3 is 2.65 bits per heavy atom. The Morgan fingerprint density at radius 1 is 1.10 bits per heavy atom. The van der Waals surface area contributed by atoms with Gasteiger partial charge in [0.2, 0.25) is 0 Å². The van der Waals surface area contributed by atoms with Crippen molar-refractivity contribution in [1.29, 1.82) is 0 Å². The molecule has 6 heteroatoms. The summed E-state index contributed by atoms with van der Waals surface area (Å²) in [5.41, 5.74) is 9.87. The molecule has 2 heterocycles. The van der Waals surface area contributed by atoms with Crippen LogP contribution in [0.1, 0.15) is 46.6 Å². The summed E-state index contributed by atoms with van der Waals surface area (Å²) < 4.78 is 25.5. The van der Waals surface area contributed by atoms with Crippen molar-refractivity contribution in [1.82, 2.24) is 4.98 Å². The van der Waals surface area contributed by atoms with Gasteiger partial charge in [-0.15, -0.1) is 0 Å². The molecule has 0 saturated carbocycles. The first kappa shape index (κ1) is 21.4. The van der Waals surface area contributed by atoms with E-state index in [1.807, 2.05) is 37.3 Å². The van der Waals surface area contributed by atoms with E-state index < -0.39 is 0 Å². The van der Waals surface area contributed by atoms with Crippen LogP contribution in [0.2, 0.25) is 0 Å². The highest BCUT2D eigenvalue weighted by atomic mass is 32.1. The zero-order chi connectivity index (χ0) is 21.8. The van der Waals surface area contributed by atoms with Crippen molar-refractivity contribution in [2.45, 2.75) is 31.1 Å². The van der Waals surface area contributed by atoms with Crippen LogP contribution in [0.3, 0.4) is 0 Å². The quantitative estimate of drug-likeness (QED) is 0.257. The fraction of sp³-hybridized carbons (Fsp3) is 0.240. The first-order valence-electron chi connectivity index (χ1n) is 10.3. The number of halogens is 1. The van der Waals surface area contributed by atoms with Crippen molar-refractivity contribution >= 4 is 23.6 Å². The number of nitrogens with two attached hydrogens (primary N) is 1. The second-order valence-corrected chi connectivity index (χ2v) is 8.07. The second-order valence-electron chi connectivity index (χ2n) is 7.56. The number of rotatable bonds is 8. The number of thiol groups is 1. The van der Waals surface area contributed by atoms with Gasteiger partial charge in [0.05, 0.1) is 17.2 Å². The van der Waals surface area contributed by atoms with E-state index in [0.29, 0.717) is 6.61 Å². The molecule has 0 bridgehead atoms. The number of hydrogen-bond acceptors (Lipinski definition) is 5. The van der Waals surface area contributed by atoms with Crippen molar-refractivity contribution in [3.8, 4) is 5.75 Å². The molecule has 0 saturated heterocycles. The Bertz CT molecular complexity index is 1150. The van der Waals surface area contributed by atoms with Gasteiger partial charge in [-0.25, -0.2) is 4.39 Å². The molecule has 0 amide bonds. The molecule has 160 valence electrons. The summed E-state index contributed by atoms with van der Waals surface area (Å²) in [6.07, 6.45) is 5.17. The third kappa shape index (κ3) is 4.75. The SMILES string of the molecule is Cc1c(C(S)c2ccc(F)cc2)oc2cccc(OCCCC(N)c3cccnc3)c12. The number of nitrogens with zero attached hydrogens (tertiary/aromatic N) is 1. The third-order valence-corrected chi connectivity index (χ3v) is 5.95. The predicted octanol–water partition coefficient (Wildman–Crippen LogP) is 6.15. The predicted molar refractivity (Wildman–Crippen MR) is 124 cm³/mol. The van der Waals surface area contributed by atoms with Gasteiger partial charge in [-0.2, -0.15) is 12.6 Å². The van der Waals surface area contributed by atoms with Gasteiger partial charge in [-0.1, -0.05) is 24.3 Å². The van der Waals surface area contributed by atoms with E-state index in [1.165, 1.54) is 12.1 Å². The molecule has 4 aromatic rings. The number of pyridine rings is 1. The van der Waals surface area contributed by atoms with Crippen molar-refractivity contribution in [3.63, 3.8) is 0 Å². The van der Waals surface area contributed by atoms with E-state index >= 15 is 0 Å². The van der Waals surface area contributed by atoms with Gasteiger partial charge in [-0.3, -0.25) is 4.98 Å². The van der Waals surface area contributed by atoms with Crippen LogP contribution >= 0.6 is 12.6 Å². The number of aromatic nitrogens is 1. The number of hydrogen-bond donors (Lipinski definition) is 2. The molecule has 0 aliphatic rings. The summed E-state index contributed by atoms with van der Waals surface area (Å²) in [6.45, 7) is 2.55. The Kier molecular flexibility index (Phi) is 6.59.